The quantitative estimate of drug-likeness (QED) is 0.839. The van der Waals surface area contributed by atoms with E-state index in [1.165, 1.54) is 0 Å². The van der Waals surface area contributed by atoms with Crippen LogP contribution in [-0.4, -0.2) is 10.1 Å². The smallest absolute Gasteiger partial charge is 0.0905 e. The second kappa shape index (κ2) is 4.61. The number of benzene rings is 1. The molecular formula is C17H21NO. The van der Waals surface area contributed by atoms with Crippen LogP contribution in [0.3, 0.4) is 0 Å². The zero-order chi connectivity index (χ0) is 13.5. The van der Waals surface area contributed by atoms with Gasteiger partial charge in [0.1, 0.15) is 0 Å². The largest absolute Gasteiger partial charge is 0.385 e. The van der Waals surface area contributed by atoms with Crippen molar-refractivity contribution in [1.82, 2.24) is 4.98 Å². The van der Waals surface area contributed by atoms with Crippen LogP contribution in [-0.2, 0) is 5.60 Å². The lowest BCUT2D eigenvalue weighted by atomic mass is 9.70. The first-order valence-electron chi connectivity index (χ1n) is 7.16. The molecule has 100 valence electrons. The Morgan fingerprint density at radius 3 is 2.84 bits per heavy atom. The van der Waals surface area contributed by atoms with Gasteiger partial charge in [0, 0.05) is 17.8 Å². The fourth-order valence-corrected chi connectivity index (χ4v) is 3.35. The summed E-state index contributed by atoms with van der Waals surface area (Å²) >= 11 is 0. The third-order valence-electron chi connectivity index (χ3n) is 4.83. The zero-order valence-electron chi connectivity index (χ0n) is 11.6. The highest BCUT2D eigenvalue weighted by Crippen LogP contribution is 2.44. The maximum atomic E-state index is 11.1. The van der Waals surface area contributed by atoms with E-state index < -0.39 is 5.60 Å². The van der Waals surface area contributed by atoms with E-state index in [0.717, 1.165) is 35.6 Å². The molecular weight excluding hydrogens is 234 g/mol. The van der Waals surface area contributed by atoms with Crippen LogP contribution < -0.4 is 0 Å². The molecule has 0 spiro atoms. The highest BCUT2D eigenvalue weighted by Gasteiger charge is 2.38. The topological polar surface area (TPSA) is 33.1 Å². The Bertz CT molecular complexity index is 589. The highest BCUT2D eigenvalue weighted by atomic mass is 16.3. The van der Waals surface area contributed by atoms with Crippen LogP contribution in [0.1, 0.15) is 38.7 Å². The van der Waals surface area contributed by atoms with E-state index >= 15 is 0 Å². The van der Waals surface area contributed by atoms with Gasteiger partial charge in [-0.1, -0.05) is 32.0 Å². The molecule has 3 atom stereocenters. The van der Waals surface area contributed by atoms with Crippen molar-refractivity contribution in [1.29, 1.82) is 0 Å². The summed E-state index contributed by atoms with van der Waals surface area (Å²) < 4.78 is 0. The van der Waals surface area contributed by atoms with Gasteiger partial charge in [0.2, 0.25) is 0 Å². The van der Waals surface area contributed by atoms with Gasteiger partial charge in [-0.25, -0.2) is 0 Å². The van der Waals surface area contributed by atoms with Crippen molar-refractivity contribution in [2.24, 2.45) is 11.8 Å². The van der Waals surface area contributed by atoms with Crippen molar-refractivity contribution in [3.05, 3.63) is 42.2 Å². The van der Waals surface area contributed by atoms with E-state index in [-0.39, 0.29) is 0 Å². The standard InChI is InChI=1S/C17H21NO/c1-12-6-8-17(19,10-13(12)2)16-5-3-4-14-7-9-18-11-15(14)16/h3-5,7,9,11-13,19H,6,8,10H2,1-2H3. The SMILES string of the molecule is CC1CCC(O)(c2cccc3ccncc23)CC1C. The van der Waals surface area contributed by atoms with Crippen molar-refractivity contribution < 1.29 is 5.11 Å². The zero-order valence-corrected chi connectivity index (χ0v) is 11.6. The van der Waals surface area contributed by atoms with E-state index in [1.807, 2.05) is 24.5 Å². The first-order valence-corrected chi connectivity index (χ1v) is 7.16. The Kier molecular flexibility index (Phi) is 3.06. The van der Waals surface area contributed by atoms with Crippen molar-refractivity contribution in [2.75, 3.05) is 0 Å². The molecule has 0 saturated heterocycles. The van der Waals surface area contributed by atoms with E-state index in [9.17, 15) is 5.11 Å². The van der Waals surface area contributed by atoms with E-state index in [4.69, 9.17) is 0 Å². The lowest BCUT2D eigenvalue weighted by Gasteiger charge is -2.40. The summed E-state index contributed by atoms with van der Waals surface area (Å²) in [4.78, 5) is 4.22. The molecule has 19 heavy (non-hydrogen) atoms. The van der Waals surface area contributed by atoms with E-state index in [2.05, 4.69) is 31.0 Å². The van der Waals surface area contributed by atoms with E-state index in [1.54, 1.807) is 0 Å². The van der Waals surface area contributed by atoms with Crippen LogP contribution in [0.2, 0.25) is 0 Å². The van der Waals surface area contributed by atoms with Crippen LogP contribution in [0.25, 0.3) is 10.8 Å². The molecule has 2 aromatic rings. The molecule has 2 heteroatoms. The van der Waals surface area contributed by atoms with Gasteiger partial charge < -0.3 is 5.11 Å². The van der Waals surface area contributed by atoms with Gasteiger partial charge >= 0.3 is 0 Å². The van der Waals surface area contributed by atoms with Crippen LogP contribution in [0.5, 0.6) is 0 Å². The fraction of sp³-hybridized carbons (Fsp3) is 0.471. The number of aliphatic hydroxyl groups is 1. The molecule has 1 aliphatic rings. The highest BCUT2D eigenvalue weighted by molar-refractivity contribution is 5.85. The minimum Gasteiger partial charge on any atom is -0.385 e. The summed E-state index contributed by atoms with van der Waals surface area (Å²) in [7, 11) is 0. The number of hydrogen-bond acceptors (Lipinski definition) is 2. The number of hydrogen-bond donors (Lipinski definition) is 1. The van der Waals surface area contributed by atoms with Crippen LogP contribution in [0.4, 0.5) is 0 Å². The van der Waals surface area contributed by atoms with Crippen LogP contribution in [0.15, 0.2) is 36.7 Å². The second-order valence-electron chi connectivity index (χ2n) is 6.13. The molecule has 0 amide bonds. The Morgan fingerprint density at radius 1 is 1.21 bits per heavy atom. The second-order valence-corrected chi connectivity index (χ2v) is 6.13. The monoisotopic (exact) mass is 255 g/mol. The van der Waals surface area contributed by atoms with Crippen LogP contribution >= 0.6 is 0 Å². The van der Waals surface area contributed by atoms with Gasteiger partial charge in [0.05, 0.1) is 5.60 Å². The van der Waals surface area contributed by atoms with Crippen LogP contribution in [0, 0.1) is 11.8 Å². The van der Waals surface area contributed by atoms with Gasteiger partial charge in [-0.3, -0.25) is 4.98 Å². The van der Waals surface area contributed by atoms with Gasteiger partial charge in [-0.15, -0.1) is 0 Å². The fourth-order valence-electron chi connectivity index (χ4n) is 3.35. The van der Waals surface area contributed by atoms with Gasteiger partial charge in [-0.2, -0.15) is 0 Å². The molecule has 0 radical (unpaired) electrons. The Balaban J connectivity index is 2.09. The third-order valence-corrected chi connectivity index (χ3v) is 4.83. The average Bonchev–Trinajstić information content (AvgIpc) is 2.43. The molecule has 2 nitrogen and oxygen atoms in total. The minimum absolute atomic E-state index is 0.561. The summed E-state index contributed by atoms with van der Waals surface area (Å²) in [6, 6.07) is 8.20. The van der Waals surface area contributed by atoms with Gasteiger partial charge in [-0.05, 0) is 48.1 Å². The molecule has 3 unspecified atom stereocenters. The Hall–Kier alpha value is -1.41. The Labute approximate surface area is 114 Å². The predicted molar refractivity (Wildman–Crippen MR) is 77.8 cm³/mol. The molecule has 1 heterocycles. The summed E-state index contributed by atoms with van der Waals surface area (Å²) in [6.45, 7) is 4.53. The molecule has 1 aromatic heterocycles. The predicted octanol–water partition coefficient (Wildman–Crippen LogP) is 3.88. The molecule has 1 aliphatic carbocycles. The molecule has 1 N–H and O–H groups in total. The number of nitrogens with zero attached hydrogens (tertiary/aromatic N) is 1. The summed E-state index contributed by atoms with van der Waals surface area (Å²) in [5, 5.41) is 13.4. The van der Waals surface area contributed by atoms with Crippen molar-refractivity contribution >= 4 is 10.8 Å². The van der Waals surface area contributed by atoms with Gasteiger partial charge in [0.25, 0.3) is 0 Å². The first-order chi connectivity index (χ1) is 9.10. The number of aromatic nitrogens is 1. The average molecular weight is 255 g/mol. The lowest BCUT2D eigenvalue weighted by Crippen LogP contribution is -2.35. The molecule has 1 fully saturated rings. The molecule has 0 aliphatic heterocycles. The molecule has 3 rings (SSSR count). The van der Waals surface area contributed by atoms with Crippen molar-refractivity contribution in [3.63, 3.8) is 0 Å². The summed E-state index contributed by atoms with van der Waals surface area (Å²) in [5.41, 5.74) is 0.367. The minimum atomic E-state index is -0.686. The van der Waals surface area contributed by atoms with Crippen molar-refractivity contribution in [2.45, 2.75) is 38.7 Å². The third kappa shape index (κ3) is 2.14. The van der Waals surface area contributed by atoms with E-state index in [0.29, 0.717) is 11.8 Å². The number of pyridine rings is 1. The molecule has 1 aromatic carbocycles. The maximum absolute atomic E-state index is 11.1. The number of fused-ring (bicyclic) bond motifs is 1. The molecule has 0 bridgehead atoms. The number of rotatable bonds is 1. The lowest BCUT2D eigenvalue weighted by molar-refractivity contribution is -0.0324. The summed E-state index contributed by atoms with van der Waals surface area (Å²) in [6.07, 6.45) is 6.48. The van der Waals surface area contributed by atoms with Crippen molar-refractivity contribution in [3.8, 4) is 0 Å². The maximum Gasteiger partial charge on any atom is 0.0905 e. The molecule has 1 saturated carbocycles. The first kappa shape index (κ1) is 12.6. The normalized spacial score (nSPS) is 31.5. The summed E-state index contributed by atoms with van der Waals surface area (Å²) in [5.74, 6) is 1.26. The van der Waals surface area contributed by atoms with Gasteiger partial charge in [0.15, 0.2) is 0 Å². The Morgan fingerprint density at radius 2 is 2.05 bits per heavy atom.